The lowest BCUT2D eigenvalue weighted by Crippen LogP contribution is -2.24. The van der Waals surface area contributed by atoms with E-state index in [0.717, 1.165) is 11.3 Å². The molecule has 2 N–H and O–H groups in total. The van der Waals surface area contributed by atoms with Gasteiger partial charge in [-0.2, -0.15) is 0 Å². The van der Waals surface area contributed by atoms with Gasteiger partial charge < -0.3 is 10.6 Å². The minimum atomic E-state index is 0.0345. The van der Waals surface area contributed by atoms with E-state index >= 15 is 0 Å². The van der Waals surface area contributed by atoms with E-state index in [1.807, 2.05) is 42.5 Å². The molecular formula is C15H17N3O. The smallest absolute Gasteiger partial charge is 0.222 e. The number of hydrogen-bond donors (Lipinski definition) is 2. The number of nitrogens with one attached hydrogen (secondary N) is 2. The number of carbonyl (C=O) groups excluding carboxylic acids is 1. The summed E-state index contributed by atoms with van der Waals surface area (Å²) in [5.41, 5.74) is 2.04. The highest BCUT2D eigenvalue weighted by atomic mass is 16.1. The van der Waals surface area contributed by atoms with E-state index in [2.05, 4.69) is 15.6 Å². The summed E-state index contributed by atoms with van der Waals surface area (Å²) >= 11 is 0. The number of aromatic nitrogens is 1. The molecule has 0 aliphatic rings. The number of amides is 1. The Bertz CT molecular complexity index is 499. The van der Waals surface area contributed by atoms with Crippen molar-refractivity contribution in [3.05, 3.63) is 60.4 Å². The Balaban J connectivity index is 1.65. The van der Waals surface area contributed by atoms with Crippen LogP contribution in [-0.2, 0) is 11.3 Å². The van der Waals surface area contributed by atoms with Crippen LogP contribution in [-0.4, -0.2) is 17.4 Å². The molecule has 0 saturated carbocycles. The molecule has 98 valence electrons. The van der Waals surface area contributed by atoms with Crippen molar-refractivity contribution in [3.63, 3.8) is 0 Å². The standard InChI is InChI=1S/C15H17N3O/c19-15(18-12-13-5-4-9-16-11-13)8-10-17-14-6-2-1-3-7-14/h1-7,9,11,17H,8,10,12H2,(H,18,19). The van der Waals surface area contributed by atoms with Crippen molar-refractivity contribution in [2.75, 3.05) is 11.9 Å². The summed E-state index contributed by atoms with van der Waals surface area (Å²) in [6.07, 6.45) is 3.92. The number of hydrogen-bond acceptors (Lipinski definition) is 3. The quantitative estimate of drug-likeness (QED) is 0.832. The molecule has 0 unspecified atom stereocenters. The molecule has 1 aromatic heterocycles. The summed E-state index contributed by atoms with van der Waals surface area (Å²) in [5, 5.41) is 6.07. The average molecular weight is 255 g/mol. The maximum absolute atomic E-state index is 11.6. The van der Waals surface area contributed by atoms with Crippen molar-refractivity contribution in [2.24, 2.45) is 0 Å². The zero-order chi connectivity index (χ0) is 13.3. The lowest BCUT2D eigenvalue weighted by atomic mass is 10.3. The molecule has 0 atom stereocenters. The highest BCUT2D eigenvalue weighted by Crippen LogP contribution is 2.04. The minimum absolute atomic E-state index is 0.0345. The summed E-state index contributed by atoms with van der Waals surface area (Å²) in [7, 11) is 0. The van der Waals surface area contributed by atoms with Crippen LogP contribution < -0.4 is 10.6 Å². The third kappa shape index (κ3) is 4.79. The van der Waals surface area contributed by atoms with Crippen LogP contribution in [0.1, 0.15) is 12.0 Å². The Labute approximate surface area is 112 Å². The van der Waals surface area contributed by atoms with Gasteiger partial charge in [-0.25, -0.2) is 0 Å². The maximum atomic E-state index is 11.6. The molecule has 4 nitrogen and oxygen atoms in total. The van der Waals surface area contributed by atoms with Crippen molar-refractivity contribution in [1.29, 1.82) is 0 Å². The van der Waals surface area contributed by atoms with E-state index in [1.165, 1.54) is 0 Å². The minimum Gasteiger partial charge on any atom is -0.385 e. The molecular weight excluding hydrogens is 238 g/mol. The number of nitrogens with zero attached hydrogens (tertiary/aromatic N) is 1. The summed E-state index contributed by atoms with van der Waals surface area (Å²) in [6, 6.07) is 13.6. The second kappa shape index (κ2) is 7.16. The van der Waals surface area contributed by atoms with Crippen LogP contribution in [0.2, 0.25) is 0 Å². The van der Waals surface area contributed by atoms with Gasteiger partial charge in [0.05, 0.1) is 0 Å². The first-order chi connectivity index (χ1) is 9.34. The van der Waals surface area contributed by atoms with Crippen molar-refractivity contribution < 1.29 is 4.79 Å². The summed E-state index contributed by atoms with van der Waals surface area (Å²) in [6.45, 7) is 1.15. The Morgan fingerprint density at radius 1 is 1.11 bits per heavy atom. The van der Waals surface area contributed by atoms with Crippen LogP contribution in [0.4, 0.5) is 5.69 Å². The third-order valence-corrected chi connectivity index (χ3v) is 2.67. The lowest BCUT2D eigenvalue weighted by Gasteiger charge is -2.07. The zero-order valence-corrected chi connectivity index (χ0v) is 10.7. The van der Waals surface area contributed by atoms with E-state index in [1.54, 1.807) is 12.4 Å². The normalized spacial score (nSPS) is 9.89. The average Bonchev–Trinajstić information content (AvgIpc) is 2.47. The summed E-state index contributed by atoms with van der Waals surface area (Å²) in [5.74, 6) is 0.0345. The molecule has 1 heterocycles. The second-order valence-corrected chi connectivity index (χ2v) is 4.18. The Morgan fingerprint density at radius 3 is 2.68 bits per heavy atom. The van der Waals surface area contributed by atoms with Gasteiger partial charge in [-0.1, -0.05) is 24.3 Å². The largest absolute Gasteiger partial charge is 0.385 e. The molecule has 0 saturated heterocycles. The van der Waals surface area contributed by atoms with Crippen molar-refractivity contribution in [2.45, 2.75) is 13.0 Å². The molecule has 0 fully saturated rings. The van der Waals surface area contributed by atoms with Gasteiger partial charge in [-0.15, -0.1) is 0 Å². The van der Waals surface area contributed by atoms with Gasteiger partial charge in [0, 0.05) is 37.6 Å². The van der Waals surface area contributed by atoms with Gasteiger partial charge in [-0.3, -0.25) is 9.78 Å². The van der Waals surface area contributed by atoms with Gasteiger partial charge in [0.25, 0.3) is 0 Å². The molecule has 0 bridgehead atoms. The molecule has 2 rings (SSSR count). The fourth-order valence-corrected chi connectivity index (χ4v) is 1.67. The third-order valence-electron chi connectivity index (χ3n) is 2.67. The van der Waals surface area contributed by atoms with E-state index in [9.17, 15) is 4.79 Å². The highest BCUT2D eigenvalue weighted by molar-refractivity contribution is 5.76. The van der Waals surface area contributed by atoms with E-state index < -0.39 is 0 Å². The summed E-state index contributed by atoms with van der Waals surface area (Å²) < 4.78 is 0. The van der Waals surface area contributed by atoms with Crippen molar-refractivity contribution in [3.8, 4) is 0 Å². The van der Waals surface area contributed by atoms with E-state index in [0.29, 0.717) is 19.5 Å². The number of carbonyl (C=O) groups is 1. The van der Waals surface area contributed by atoms with Crippen LogP contribution in [0.3, 0.4) is 0 Å². The predicted octanol–water partition coefficient (Wildman–Crippen LogP) is 2.20. The Morgan fingerprint density at radius 2 is 1.95 bits per heavy atom. The van der Waals surface area contributed by atoms with Gasteiger partial charge in [-0.05, 0) is 23.8 Å². The van der Waals surface area contributed by atoms with Gasteiger partial charge in [0.15, 0.2) is 0 Å². The first-order valence-corrected chi connectivity index (χ1v) is 6.29. The number of para-hydroxylation sites is 1. The van der Waals surface area contributed by atoms with Gasteiger partial charge in [0.2, 0.25) is 5.91 Å². The Hall–Kier alpha value is -2.36. The number of rotatable bonds is 6. The molecule has 0 aliphatic carbocycles. The number of benzene rings is 1. The summed E-state index contributed by atoms with van der Waals surface area (Å²) in [4.78, 5) is 15.6. The molecule has 1 amide bonds. The van der Waals surface area contributed by atoms with E-state index in [4.69, 9.17) is 0 Å². The lowest BCUT2D eigenvalue weighted by molar-refractivity contribution is -0.121. The number of pyridine rings is 1. The second-order valence-electron chi connectivity index (χ2n) is 4.18. The molecule has 4 heteroatoms. The Kier molecular flexibility index (Phi) is 4.93. The zero-order valence-electron chi connectivity index (χ0n) is 10.7. The SMILES string of the molecule is O=C(CCNc1ccccc1)NCc1cccnc1. The maximum Gasteiger partial charge on any atom is 0.222 e. The topological polar surface area (TPSA) is 54.0 Å². The van der Waals surface area contributed by atoms with Crippen LogP contribution in [0.5, 0.6) is 0 Å². The molecule has 0 aliphatic heterocycles. The van der Waals surface area contributed by atoms with Crippen LogP contribution in [0.15, 0.2) is 54.9 Å². The van der Waals surface area contributed by atoms with Crippen LogP contribution in [0.25, 0.3) is 0 Å². The fraction of sp³-hybridized carbons (Fsp3) is 0.200. The van der Waals surface area contributed by atoms with Crippen LogP contribution >= 0.6 is 0 Å². The predicted molar refractivity (Wildman–Crippen MR) is 75.6 cm³/mol. The molecule has 19 heavy (non-hydrogen) atoms. The van der Waals surface area contributed by atoms with Crippen molar-refractivity contribution >= 4 is 11.6 Å². The molecule has 1 aromatic carbocycles. The fourth-order valence-electron chi connectivity index (χ4n) is 1.67. The van der Waals surface area contributed by atoms with E-state index in [-0.39, 0.29) is 5.91 Å². The number of anilines is 1. The van der Waals surface area contributed by atoms with Gasteiger partial charge >= 0.3 is 0 Å². The van der Waals surface area contributed by atoms with Crippen molar-refractivity contribution in [1.82, 2.24) is 10.3 Å². The monoisotopic (exact) mass is 255 g/mol. The van der Waals surface area contributed by atoms with Crippen LogP contribution in [0, 0.1) is 0 Å². The first kappa shape index (κ1) is 13.1. The molecule has 0 radical (unpaired) electrons. The molecule has 2 aromatic rings. The molecule has 0 spiro atoms. The van der Waals surface area contributed by atoms with Gasteiger partial charge in [0.1, 0.15) is 0 Å². The highest BCUT2D eigenvalue weighted by Gasteiger charge is 2.01. The first-order valence-electron chi connectivity index (χ1n) is 6.29.